The van der Waals surface area contributed by atoms with Gasteiger partial charge in [0.05, 0.1) is 4.92 Å². The Hall–Kier alpha value is -4.13. The van der Waals surface area contributed by atoms with Crippen LogP contribution in [0.3, 0.4) is 0 Å². The van der Waals surface area contributed by atoms with Crippen molar-refractivity contribution in [3.05, 3.63) is 100 Å². The lowest BCUT2D eigenvalue weighted by atomic mass is 9.87. The number of H-pyrrole nitrogens is 1. The molecular formula is C27H27N3O4. The Morgan fingerprint density at radius 3 is 2.53 bits per heavy atom. The molecule has 0 fully saturated rings. The zero-order valence-electron chi connectivity index (χ0n) is 19.2. The third-order valence-corrected chi connectivity index (χ3v) is 5.62. The molecule has 0 spiro atoms. The standard InChI is InChI=1S/C27H27N3O4/c1-18(2)16-29-27(31)15-23(25-17-28-26-12-11-20(30(32)33)14-24(25)26)19-7-6-10-22(13-19)34-21-8-4-3-5-9-21/h3-14,17-18,23,28H,15-16H2,1-2H3,(H,29,31)/t23-/m1/s1. The smallest absolute Gasteiger partial charge is 0.270 e. The number of ether oxygens (including phenoxy) is 1. The van der Waals surface area contributed by atoms with Crippen LogP contribution >= 0.6 is 0 Å². The Kier molecular flexibility index (Phi) is 6.92. The lowest BCUT2D eigenvalue weighted by molar-refractivity contribution is -0.384. The number of benzene rings is 3. The van der Waals surface area contributed by atoms with Gasteiger partial charge in [0, 0.05) is 48.1 Å². The Morgan fingerprint density at radius 1 is 1.03 bits per heavy atom. The van der Waals surface area contributed by atoms with Gasteiger partial charge in [0.25, 0.3) is 5.69 Å². The number of amides is 1. The van der Waals surface area contributed by atoms with E-state index in [0.717, 1.165) is 22.0 Å². The molecule has 0 aliphatic heterocycles. The largest absolute Gasteiger partial charge is 0.457 e. The molecule has 0 aliphatic carbocycles. The van der Waals surface area contributed by atoms with Crippen LogP contribution in [0.5, 0.6) is 11.5 Å². The molecule has 0 unspecified atom stereocenters. The first kappa shape index (κ1) is 23.0. The van der Waals surface area contributed by atoms with Crippen molar-refractivity contribution >= 4 is 22.5 Å². The van der Waals surface area contributed by atoms with Gasteiger partial charge in [-0.25, -0.2) is 0 Å². The van der Waals surface area contributed by atoms with Gasteiger partial charge in [-0.2, -0.15) is 0 Å². The average molecular weight is 458 g/mol. The van der Waals surface area contributed by atoms with Crippen LogP contribution in [0.4, 0.5) is 5.69 Å². The summed E-state index contributed by atoms with van der Waals surface area (Å²) in [5.74, 6) is 1.31. The second-order valence-electron chi connectivity index (χ2n) is 8.67. The van der Waals surface area contributed by atoms with E-state index in [2.05, 4.69) is 10.3 Å². The number of nitrogens with zero attached hydrogens (tertiary/aromatic N) is 1. The molecule has 0 saturated carbocycles. The second-order valence-corrected chi connectivity index (χ2v) is 8.67. The predicted octanol–water partition coefficient (Wildman–Crippen LogP) is 6.16. The summed E-state index contributed by atoms with van der Waals surface area (Å²) < 4.78 is 6.01. The SMILES string of the molecule is CC(C)CNC(=O)C[C@H](c1cccc(Oc2ccccc2)c1)c1c[nH]c2ccc([N+](=O)[O-])cc12. The van der Waals surface area contributed by atoms with E-state index in [-0.39, 0.29) is 23.9 Å². The maximum atomic E-state index is 12.9. The number of para-hydroxylation sites is 1. The molecule has 0 aliphatic rings. The number of aromatic nitrogens is 1. The van der Waals surface area contributed by atoms with E-state index in [0.29, 0.717) is 24.0 Å². The quantitative estimate of drug-likeness (QED) is 0.232. The monoisotopic (exact) mass is 457 g/mol. The number of carbonyl (C=O) groups excluding carboxylic acids is 1. The van der Waals surface area contributed by atoms with Crippen LogP contribution in [0.1, 0.15) is 37.3 Å². The second kappa shape index (κ2) is 10.2. The molecule has 1 amide bonds. The first-order chi connectivity index (χ1) is 16.4. The summed E-state index contributed by atoms with van der Waals surface area (Å²) in [5, 5.41) is 15.1. The molecule has 34 heavy (non-hydrogen) atoms. The first-order valence-electron chi connectivity index (χ1n) is 11.3. The highest BCUT2D eigenvalue weighted by molar-refractivity contribution is 5.87. The molecule has 1 aromatic heterocycles. The summed E-state index contributed by atoms with van der Waals surface area (Å²) in [4.78, 5) is 27.0. The number of rotatable bonds is 9. The first-order valence-corrected chi connectivity index (χ1v) is 11.3. The fraction of sp³-hybridized carbons (Fsp3) is 0.222. The lowest BCUT2D eigenvalue weighted by Crippen LogP contribution is -2.28. The van der Waals surface area contributed by atoms with Crippen LogP contribution in [-0.2, 0) is 4.79 Å². The van der Waals surface area contributed by atoms with Gasteiger partial charge >= 0.3 is 0 Å². The summed E-state index contributed by atoms with van der Waals surface area (Å²) in [6.45, 7) is 4.67. The highest BCUT2D eigenvalue weighted by Gasteiger charge is 2.23. The predicted molar refractivity (Wildman–Crippen MR) is 132 cm³/mol. The van der Waals surface area contributed by atoms with E-state index >= 15 is 0 Å². The van der Waals surface area contributed by atoms with Crippen LogP contribution in [0.2, 0.25) is 0 Å². The van der Waals surface area contributed by atoms with Crippen LogP contribution in [-0.4, -0.2) is 22.4 Å². The van der Waals surface area contributed by atoms with E-state index < -0.39 is 4.92 Å². The molecule has 0 saturated heterocycles. The summed E-state index contributed by atoms with van der Waals surface area (Å²) in [7, 11) is 0. The molecular weight excluding hydrogens is 430 g/mol. The van der Waals surface area contributed by atoms with Gasteiger partial charge in [0.15, 0.2) is 0 Å². The van der Waals surface area contributed by atoms with E-state index in [1.165, 1.54) is 6.07 Å². The molecule has 1 heterocycles. The fourth-order valence-corrected chi connectivity index (χ4v) is 3.93. The van der Waals surface area contributed by atoms with Crippen molar-refractivity contribution in [3.8, 4) is 11.5 Å². The van der Waals surface area contributed by atoms with Gasteiger partial charge in [-0.15, -0.1) is 0 Å². The zero-order chi connectivity index (χ0) is 24.1. The molecule has 0 radical (unpaired) electrons. The number of nitro groups is 1. The molecule has 2 N–H and O–H groups in total. The van der Waals surface area contributed by atoms with Gasteiger partial charge in [-0.05, 0) is 47.4 Å². The summed E-state index contributed by atoms with van der Waals surface area (Å²) in [6, 6.07) is 21.8. The Labute approximate surface area is 197 Å². The number of nitro benzene ring substituents is 1. The van der Waals surface area contributed by atoms with Crippen molar-refractivity contribution in [1.82, 2.24) is 10.3 Å². The van der Waals surface area contributed by atoms with Gasteiger partial charge in [-0.3, -0.25) is 14.9 Å². The molecule has 4 rings (SSSR count). The average Bonchev–Trinajstić information content (AvgIpc) is 3.25. The summed E-state index contributed by atoms with van der Waals surface area (Å²) in [5.41, 5.74) is 2.51. The molecule has 0 bridgehead atoms. The van der Waals surface area contributed by atoms with E-state index in [1.807, 2.05) is 74.6 Å². The number of non-ortho nitro benzene ring substituents is 1. The Morgan fingerprint density at radius 2 is 1.79 bits per heavy atom. The summed E-state index contributed by atoms with van der Waals surface area (Å²) in [6.07, 6.45) is 2.04. The van der Waals surface area contributed by atoms with Crippen molar-refractivity contribution in [1.29, 1.82) is 0 Å². The maximum Gasteiger partial charge on any atom is 0.270 e. The highest BCUT2D eigenvalue weighted by atomic mass is 16.6. The number of carbonyl (C=O) groups is 1. The number of fused-ring (bicyclic) bond motifs is 1. The molecule has 4 aromatic rings. The van der Waals surface area contributed by atoms with Crippen molar-refractivity contribution in [2.75, 3.05) is 6.54 Å². The zero-order valence-corrected chi connectivity index (χ0v) is 19.2. The van der Waals surface area contributed by atoms with E-state index in [1.54, 1.807) is 12.1 Å². The number of nitrogens with one attached hydrogen (secondary N) is 2. The maximum absolute atomic E-state index is 12.9. The van der Waals surface area contributed by atoms with Gasteiger partial charge in [0.1, 0.15) is 11.5 Å². The third kappa shape index (κ3) is 5.43. The van der Waals surface area contributed by atoms with Gasteiger partial charge in [-0.1, -0.05) is 44.2 Å². The van der Waals surface area contributed by atoms with Gasteiger partial charge < -0.3 is 15.0 Å². The number of aromatic amines is 1. The van der Waals surface area contributed by atoms with Crippen molar-refractivity contribution in [2.45, 2.75) is 26.2 Å². The van der Waals surface area contributed by atoms with Crippen LogP contribution in [0.15, 0.2) is 79.0 Å². The normalized spacial score (nSPS) is 12.0. The molecule has 7 nitrogen and oxygen atoms in total. The van der Waals surface area contributed by atoms with Crippen LogP contribution in [0, 0.1) is 16.0 Å². The Balaban J connectivity index is 1.73. The number of hydrogen-bond acceptors (Lipinski definition) is 4. The van der Waals surface area contributed by atoms with Crippen LogP contribution < -0.4 is 10.1 Å². The van der Waals surface area contributed by atoms with E-state index in [9.17, 15) is 14.9 Å². The minimum Gasteiger partial charge on any atom is -0.457 e. The molecule has 174 valence electrons. The van der Waals surface area contributed by atoms with Crippen molar-refractivity contribution in [3.63, 3.8) is 0 Å². The molecule has 1 atom stereocenters. The fourth-order valence-electron chi connectivity index (χ4n) is 3.93. The van der Waals surface area contributed by atoms with Crippen molar-refractivity contribution < 1.29 is 14.5 Å². The lowest BCUT2D eigenvalue weighted by Gasteiger charge is -2.19. The van der Waals surface area contributed by atoms with E-state index in [4.69, 9.17) is 4.74 Å². The van der Waals surface area contributed by atoms with Crippen LogP contribution in [0.25, 0.3) is 10.9 Å². The van der Waals surface area contributed by atoms with Crippen molar-refractivity contribution in [2.24, 2.45) is 5.92 Å². The number of hydrogen-bond donors (Lipinski definition) is 2. The van der Waals surface area contributed by atoms with Gasteiger partial charge in [0.2, 0.25) is 5.91 Å². The minimum absolute atomic E-state index is 0.0116. The topological polar surface area (TPSA) is 97.3 Å². The third-order valence-electron chi connectivity index (χ3n) is 5.62. The molecule has 7 heteroatoms. The highest BCUT2D eigenvalue weighted by Crippen LogP contribution is 2.36. The minimum atomic E-state index is -0.408. The summed E-state index contributed by atoms with van der Waals surface area (Å²) >= 11 is 0. The Bertz CT molecular complexity index is 1300. The molecule has 3 aromatic carbocycles.